The predicted octanol–water partition coefficient (Wildman–Crippen LogP) is 6.49. The number of aromatic nitrogens is 1. The molecular weight excluding hydrogens is 672 g/mol. The highest BCUT2D eigenvalue weighted by atomic mass is 32.2. The molecule has 2 N–H and O–H groups in total. The van der Waals surface area contributed by atoms with Gasteiger partial charge in [-0.25, -0.2) is 4.98 Å². The van der Waals surface area contributed by atoms with Crippen molar-refractivity contribution in [2.24, 2.45) is 17.3 Å². The lowest BCUT2D eigenvalue weighted by molar-refractivity contribution is -0.154. The van der Waals surface area contributed by atoms with Crippen LogP contribution < -0.4 is 0 Å². The van der Waals surface area contributed by atoms with E-state index in [1.54, 1.807) is 31.4 Å². The highest BCUT2D eigenvalue weighted by molar-refractivity contribution is 7.86. The number of alkyl halides is 3. The molecule has 2 aromatic rings. The van der Waals surface area contributed by atoms with E-state index in [0.29, 0.717) is 16.3 Å². The van der Waals surface area contributed by atoms with E-state index in [1.165, 1.54) is 51.1 Å². The number of nitrogens with zero attached hydrogens (tertiary/aromatic N) is 1. The van der Waals surface area contributed by atoms with Gasteiger partial charge in [0.1, 0.15) is 23.5 Å². The Labute approximate surface area is 283 Å². The number of carbonyl (C=O) groups is 2. The van der Waals surface area contributed by atoms with E-state index in [4.69, 9.17) is 8.92 Å². The van der Waals surface area contributed by atoms with Gasteiger partial charge in [-0.3, -0.25) is 13.8 Å². The molecule has 48 heavy (non-hydrogen) atoms. The first-order chi connectivity index (χ1) is 22.2. The van der Waals surface area contributed by atoms with Gasteiger partial charge in [0.25, 0.3) is 10.1 Å². The van der Waals surface area contributed by atoms with E-state index in [-0.39, 0.29) is 17.9 Å². The van der Waals surface area contributed by atoms with Crippen LogP contribution in [0.3, 0.4) is 0 Å². The molecule has 14 heteroatoms. The van der Waals surface area contributed by atoms with E-state index in [9.17, 15) is 41.4 Å². The quantitative estimate of drug-likeness (QED) is 0.195. The number of cyclic esters (lactones) is 1. The molecule has 1 aromatic carbocycles. The summed E-state index contributed by atoms with van der Waals surface area (Å²) in [7, 11) is -4.05. The smallest absolute Gasteiger partial charge is 0.412 e. The molecule has 0 amide bonds. The largest absolute Gasteiger partial charge is 0.457 e. The van der Waals surface area contributed by atoms with Gasteiger partial charge in [0.2, 0.25) is 0 Å². The molecule has 1 aliphatic rings. The fourth-order valence-electron chi connectivity index (χ4n) is 5.08. The first kappa shape index (κ1) is 39.3. The molecule has 9 nitrogen and oxygen atoms in total. The fourth-order valence-corrected chi connectivity index (χ4v) is 6.69. The highest BCUT2D eigenvalue weighted by Crippen LogP contribution is 2.33. The number of Topliss-reactive ketones (excluding diaryl/α,β-unsaturated/α-hetero) is 1. The predicted molar refractivity (Wildman–Crippen MR) is 175 cm³/mol. The van der Waals surface area contributed by atoms with Crippen LogP contribution >= 0.6 is 11.3 Å². The SMILES string of the molecule is C/C(=C\c1csc(COS(=O)(=O)c2ccc(C)cc2)n1)C1C/C=C(/C(F)(F)F)C/C=C/C(C)[C@H](O)C(C)C(=O)C(C)(C)[C@@H](O)CC(=O)O1. The van der Waals surface area contributed by atoms with E-state index >= 15 is 0 Å². The fraction of sp³-hybridized carbons (Fsp3) is 0.500. The third-order valence-corrected chi connectivity index (χ3v) is 10.5. The van der Waals surface area contributed by atoms with Crippen molar-refractivity contribution in [1.82, 2.24) is 4.98 Å². The Hall–Kier alpha value is -3.17. The number of esters is 1. The van der Waals surface area contributed by atoms with Crippen molar-refractivity contribution in [2.45, 2.75) is 96.8 Å². The number of rotatable bonds is 6. The number of aryl methyl sites for hydroxylation is 1. The summed E-state index contributed by atoms with van der Waals surface area (Å²) in [6.45, 7) is 8.97. The summed E-state index contributed by atoms with van der Waals surface area (Å²) in [5, 5.41) is 23.5. The van der Waals surface area contributed by atoms with Crippen LogP contribution in [0.25, 0.3) is 6.08 Å². The van der Waals surface area contributed by atoms with Crippen LogP contribution in [-0.2, 0) is 35.2 Å². The first-order valence-corrected chi connectivity index (χ1v) is 17.6. The summed E-state index contributed by atoms with van der Waals surface area (Å²) < 4.78 is 77.8. The van der Waals surface area contributed by atoms with Gasteiger partial charge < -0.3 is 14.9 Å². The number of carbonyl (C=O) groups excluding carboxylic acids is 2. The van der Waals surface area contributed by atoms with Gasteiger partial charge >= 0.3 is 12.1 Å². The van der Waals surface area contributed by atoms with Crippen molar-refractivity contribution < 1.29 is 50.3 Å². The van der Waals surface area contributed by atoms with Crippen LogP contribution in [-0.4, -0.2) is 59.9 Å². The van der Waals surface area contributed by atoms with Gasteiger partial charge in [-0.05, 0) is 44.1 Å². The van der Waals surface area contributed by atoms with Gasteiger partial charge in [-0.2, -0.15) is 21.6 Å². The average molecular weight is 714 g/mol. The minimum Gasteiger partial charge on any atom is -0.457 e. The summed E-state index contributed by atoms with van der Waals surface area (Å²) in [6, 6.07) is 6.14. The Kier molecular flexibility index (Phi) is 13.1. The van der Waals surface area contributed by atoms with Gasteiger partial charge in [0, 0.05) is 29.2 Å². The summed E-state index contributed by atoms with van der Waals surface area (Å²) in [5.74, 6) is -3.10. The Morgan fingerprint density at radius 2 is 1.81 bits per heavy atom. The molecule has 0 spiro atoms. The molecule has 0 fully saturated rings. The van der Waals surface area contributed by atoms with Gasteiger partial charge in [0.15, 0.2) is 0 Å². The van der Waals surface area contributed by atoms with Gasteiger partial charge in [-0.1, -0.05) is 63.6 Å². The van der Waals surface area contributed by atoms with Crippen LogP contribution in [0.1, 0.15) is 70.1 Å². The zero-order valence-electron chi connectivity index (χ0n) is 27.7. The van der Waals surface area contributed by atoms with Crippen molar-refractivity contribution in [1.29, 1.82) is 0 Å². The molecule has 0 bridgehead atoms. The molecule has 3 unspecified atom stereocenters. The molecule has 0 radical (unpaired) electrons. The molecular formula is C34H42F3NO8S2. The monoisotopic (exact) mass is 713 g/mol. The standard InChI is InChI=1S/C34H42F3NO8S2/c1-20-10-13-26(14-11-20)48(43,44)45-18-29-38-25(19-47-29)16-22(3)27-15-12-24(34(35,36)37)9-7-8-21(2)31(41)23(4)32(42)33(5,6)28(39)17-30(40)46-27/h7-8,10-14,16,19,21,23,27-28,31,39,41H,9,15,17-18H2,1-6H3/b8-7+,22-16+,24-12+/t21?,23?,27?,28-,31-/m0/s1. The Balaban J connectivity index is 1.90. The molecule has 2 heterocycles. The second-order valence-corrected chi connectivity index (χ2v) is 15.2. The minimum atomic E-state index is -4.70. The maximum Gasteiger partial charge on any atom is 0.412 e. The topological polar surface area (TPSA) is 140 Å². The van der Waals surface area contributed by atoms with Crippen LogP contribution in [0, 0.1) is 24.2 Å². The molecule has 0 saturated heterocycles. The van der Waals surface area contributed by atoms with Crippen LogP contribution in [0.5, 0.6) is 0 Å². The van der Waals surface area contributed by atoms with Crippen molar-refractivity contribution in [3.63, 3.8) is 0 Å². The van der Waals surface area contributed by atoms with Gasteiger partial charge in [-0.15, -0.1) is 11.3 Å². The lowest BCUT2D eigenvalue weighted by Gasteiger charge is -2.34. The van der Waals surface area contributed by atoms with Crippen LogP contribution in [0.2, 0.25) is 0 Å². The molecule has 1 aromatic heterocycles. The van der Waals surface area contributed by atoms with E-state index in [1.807, 2.05) is 6.92 Å². The number of ether oxygens (including phenoxy) is 1. The summed E-state index contributed by atoms with van der Waals surface area (Å²) in [5.41, 5.74) is -0.794. The number of aliphatic hydroxyl groups excluding tert-OH is 2. The van der Waals surface area contributed by atoms with Gasteiger partial charge in [0.05, 0.1) is 34.6 Å². The minimum absolute atomic E-state index is 0.0105. The zero-order chi connectivity index (χ0) is 36.0. The normalized spacial score (nSPS) is 27.2. The second kappa shape index (κ2) is 16.0. The molecule has 5 atom stereocenters. The van der Waals surface area contributed by atoms with E-state index < -0.39 is 82.0 Å². The molecule has 1 aliphatic heterocycles. The third-order valence-electron chi connectivity index (χ3n) is 8.39. The summed E-state index contributed by atoms with van der Waals surface area (Å²) in [4.78, 5) is 30.6. The number of aliphatic hydroxyl groups is 2. The molecule has 3 rings (SSSR count). The van der Waals surface area contributed by atoms with Crippen molar-refractivity contribution >= 4 is 39.3 Å². The third kappa shape index (κ3) is 10.4. The van der Waals surface area contributed by atoms with Crippen molar-refractivity contribution in [3.05, 3.63) is 75.3 Å². The zero-order valence-corrected chi connectivity index (χ0v) is 29.3. The van der Waals surface area contributed by atoms with Crippen LogP contribution in [0.4, 0.5) is 13.2 Å². The highest BCUT2D eigenvalue weighted by Gasteiger charge is 2.42. The number of hydrogen-bond acceptors (Lipinski definition) is 10. The number of thiazole rings is 1. The average Bonchev–Trinajstić information content (AvgIpc) is 3.45. The second-order valence-electron chi connectivity index (χ2n) is 12.6. The first-order valence-electron chi connectivity index (χ1n) is 15.3. The molecule has 0 aliphatic carbocycles. The number of benzene rings is 1. The number of ketones is 1. The maximum absolute atomic E-state index is 14.0. The summed E-state index contributed by atoms with van der Waals surface area (Å²) in [6.07, 6.45) is -4.99. The molecule has 0 saturated carbocycles. The molecule has 264 valence electrons. The summed E-state index contributed by atoms with van der Waals surface area (Å²) >= 11 is 1.10. The van der Waals surface area contributed by atoms with Crippen LogP contribution in [0.15, 0.2) is 63.9 Å². The number of hydrogen-bond donors (Lipinski definition) is 2. The Morgan fingerprint density at radius 1 is 1.17 bits per heavy atom. The lowest BCUT2D eigenvalue weighted by atomic mass is 9.73. The van der Waals surface area contributed by atoms with Crippen molar-refractivity contribution in [2.75, 3.05) is 0 Å². The van der Waals surface area contributed by atoms with E-state index in [2.05, 4.69) is 4.98 Å². The maximum atomic E-state index is 14.0. The number of allylic oxidation sites excluding steroid dienone is 2. The van der Waals surface area contributed by atoms with E-state index in [0.717, 1.165) is 23.0 Å². The van der Waals surface area contributed by atoms with Crippen molar-refractivity contribution in [3.8, 4) is 0 Å². The Morgan fingerprint density at radius 3 is 2.44 bits per heavy atom. The number of halogens is 3. The Bertz CT molecular complexity index is 1640. The lowest BCUT2D eigenvalue weighted by Crippen LogP contribution is -2.45.